The highest BCUT2D eigenvalue weighted by Gasteiger charge is 2.35. The number of halogens is 3. The van der Waals surface area contributed by atoms with E-state index < -0.39 is 11.7 Å². The number of aromatic nitrogens is 2. The molecule has 0 aliphatic heterocycles. The summed E-state index contributed by atoms with van der Waals surface area (Å²) in [6, 6.07) is 61.8. The summed E-state index contributed by atoms with van der Waals surface area (Å²) >= 11 is 0. The zero-order chi connectivity index (χ0) is 61.9. The first-order valence-corrected chi connectivity index (χ1v) is 29.9. The van der Waals surface area contributed by atoms with E-state index in [1.165, 1.54) is 101 Å². The van der Waals surface area contributed by atoms with Crippen molar-refractivity contribution >= 4 is 49.3 Å². The first kappa shape index (κ1) is 56.9. The lowest BCUT2D eigenvalue weighted by Gasteiger charge is -2.21. The standard InChI is InChI=1S/C81H65F3N4/c1-44-28-48(5)77(49(6)29-44)57-15-24-72-67(37-57)68-38-58(78-50(7)30-45(2)31-51(78)8)16-25-73(68)87(72)62-20-22-63(64-21-19-61(86-13)41-71(64)81(82,83)84)65(42-62)66-36-56(43-85)14-23-74(66)88-75-26-17-59(79-52(9)32-46(3)33-53(79)10)39-69(75)70-40-60(18-27-76(70)88)80-54(11)34-47(4)35-55(80)12/h14-42H,1-12H3. The van der Waals surface area contributed by atoms with E-state index in [0.29, 0.717) is 33.6 Å². The average molecular weight is 1150 g/mol. The monoisotopic (exact) mass is 1150 g/mol. The van der Waals surface area contributed by atoms with Gasteiger partial charge in [0, 0.05) is 32.8 Å². The molecule has 0 aliphatic rings. The topological polar surface area (TPSA) is 38.0 Å². The van der Waals surface area contributed by atoms with Gasteiger partial charge in [-0.25, -0.2) is 4.85 Å². The first-order chi connectivity index (χ1) is 42.1. The van der Waals surface area contributed by atoms with Crippen LogP contribution in [0.25, 0.3) is 127 Å². The molecule has 11 aromatic carbocycles. The van der Waals surface area contributed by atoms with Crippen molar-refractivity contribution in [3.63, 3.8) is 0 Å². The van der Waals surface area contributed by atoms with Crippen molar-refractivity contribution in [2.45, 2.75) is 89.3 Å². The van der Waals surface area contributed by atoms with Crippen LogP contribution < -0.4 is 0 Å². The van der Waals surface area contributed by atoms with Gasteiger partial charge in [-0.05, 0) is 274 Å². The number of benzene rings is 11. The van der Waals surface area contributed by atoms with Crippen molar-refractivity contribution in [2.24, 2.45) is 0 Å². The Morgan fingerprint density at radius 3 is 1.08 bits per heavy atom. The highest BCUT2D eigenvalue weighted by Crippen LogP contribution is 2.49. The lowest BCUT2D eigenvalue weighted by atomic mass is 9.89. The fourth-order valence-corrected chi connectivity index (χ4v) is 15.0. The maximum atomic E-state index is 15.8. The summed E-state index contributed by atoms with van der Waals surface area (Å²) < 4.78 is 51.7. The normalized spacial score (nSPS) is 11.8. The highest BCUT2D eigenvalue weighted by molar-refractivity contribution is 6.14. The minimum atomic E-state index is -4.82. The summed E-state index contributed by atoms with van der Waals surface area (Å²) in [5.74, 6) is 0. The predicted octanol–water partition coefficient (Wildman–Crippen LogP) is 23.0. The number of aryl methyl sites for hydroxylation is 12. The third-order valence-corrected chi connectivity index (χ3v) is 18.0. The van der Waals surface area contributed by atoms with Crippen molar-refractivity contribution in [3.05, 3.63) is 265 Å². The molecule has 13 rings (SSSR count). The van der Waals surface area contributed by atoms with Gasteiger partial charge in [0.2, 0.25) is 0 Å². The van der Waals surface area contributed by atoms with Crippen molar-refractivity contribution in [2.75, 3.05) is 0 Å². The molecule has 0 saturated heterocycles. The van der Waals surface area contributed by atoms with Crippen LogP contribution in [-0.4, -0.2) is 9.13 Å². The second-order valence-electron chi connectivity index (χ2n) is 24.6. The van der Waals surface area contributed by atoms with Gasteiger partial charge in [0.25, 0.3) is 0 Å². The zero-order valence-corrected chi connectivity index (χ0v) is 51.7. The van der Waals surface area contributed by atoms with E-state index in [1.54, 1.807) is 12.1 Å². The van der Waals surface area contributed by atoms with Crippen LogP contribution in [-0.2, 0) is 6.18 Å². The molecule has 2 heterocycles. The fourth-order valence-electron chi connectivity index (χ4n) is 15.0. The van der Waals surface area contributed by atoms with Crippen molar-refractivity contribution < 1.29 is 13.2 Å². The number of hydrogen-bond acceptors (Lipinski definition) is 1. The van der Waals surface area contributed by atoms with Crippen LogP contribution in [0.15, 0.2) is 176 Å². The molecule has 0 radical (unpaired) electrons. The number of nitriles is 1. The smallest absolute Gasteiger partial charge is 0.309 e. The van der Waals surface area contributed by atoms with E-state index in [-0.39, 0.29) is 11.3 Å². The first-order valence-electron chi connectivity index (χ1n) is 29.9. The lowest BCUT2D eigenvalue weighted by molar-refractivity contribution is -0.137. The Hall–Kier alpha value is -10.2. The molecule has 0 N–H and O–H groups in total. The predicted molar refractivity (Wildman–Crippen MR) is 361 cm³/mol. The van der Waals surface area contributed by atoms with Crippen LogP contribution in [0.1, 0.15) is 77.9 Å². The van der Waals surface area contributed by atoms with Crippen LogP contribution >= 0.6 is 0 Å². The number of hydrogen-bond donors (Lipinski definition) is 0. The van der Waals surface area contributed by atoms with Crippen molar-refractivity contribution in [3.8, 4) is 84.2 Å². The second kappa shape index (κ2) is 21.3. The van der Waals surface area contributed by atoms with E-state index in [1.807, 2.05) is 24.3 Å². The molecule has 0 aliphatic carbocycles. The Balaban J connectivity index is 1.13. The van der Waals surface area contributed by atoms with Crippen LogP contribution in [0.4, 0.5) is 18.9 Å². The SMILES string of the molecule is [C-]#[N+]c1ccc(-c2ccc(-n3c4ccc(-c5c(C)cc(C)cc5C)cc4c4cc(-c5c(C)cc(C)cc5C)ccc43)cc2-c2cc(C#N)ccc2-n2c3ccc(-c4c(C)cc(C)cc4C)cc3c3cc(-c4c(C)cc(C)cc4C)ccc32)c(C(F)(F)F)c1. The number of rotatable bonds is 8. The summed E-state index contributed by atoms with van der Waals surface area (Å²) in [6.07, 6.45) is -4.82. The minimum Gasteiger partial charge on any atom is -0.309 e. The van der Waals surface area contributed by atoms with Gasteiger partial charge in [-0.3, -0.25) is 0 Å². The molecular weight excluding hydrogens is 1090 g/mol. The molecule has 7 heteroatoms. The van der Waals surface area contributed by atoms with Gasteiger partial charge in [0.15, 0.2) is 5.69 Å². The summed E-state index contributed by atoms with van der Waals surface area (Å²) in [4.78, 5) is 3.46. The van der Waals surface area contributed by atoms with E-state index >= 15 is 13.2 Å². The molecule has 0 atom stereocenters. The molecule has 430 valence electrons. The van der Waals surface area contributed by atoms with Gasteiger partial charge in [-0.2, -0.15) is 18.4 Å². The Labute approximate surface area is 512 Å². The maximum absolute atomic E-state index is 15.8. The summed E-state index contributed by atoms with van der Waals surface area (Å²) in [5, 5.41) is 14.9. The average Bonchev–Trinajstić information content (AvgIpc) is 1.58. The fraction of sp³-hybridized carbons (Fsp3) is 0.160. The molecule has 0 fully saturated rings. The molecule has 2 aromatic heterocycles. The molecule has 88 heavy (non-hydrogen) atoms. The number of fused-ring (bicyclic) bond motifs is 6. The molecule has 0 amide bonds. The van der Waals surface area contributed by atoms with E-state index in [2.05, 4.69) is 224 Å². The largest absolute Gasteiger partial charge is 0.415 e. The van der Waals surface area contributed by atoms with Gasteiger partial charge >= 0.3 is 6.18 Å². The Kier molecular flexibility index (Phi) is 13.8. The van der Waals surface area contributed by atoms with E-state index in [4.69, 9.17) is 6.57 Å². The third-order valence-electron chi connectivity index (χ3n) is 18.0. The van der Waals surface area contributed by atoms with Crippen LogP contribution in [0, 0.1) is 101 Å². The van der Waals surface area contributed by atoms with Gasteiger partial charge in [0.05, 0.1) is 51.5 Å². The van der Waals surface area contributed by atoms with Crippen LogP contribution in [0.5, 0.6) is 0 Å². The summed E-state index contributed by atoms with van der Waals surface area (Å²) in [6.45, 7) is 33.6. The Morgan fingerprint density at radius 1 is 0.364 bits per heavy atom. The molecule has 0 saturated carbocycles. The number of nitrogens with zero attached hydrogens (tertiary/aromatic N) is 4. The lowest BCUT2D eigenvalue weighted by Crippen LogP contribution is -2.08. The van der Waals surface area contributed by atoms with Gasteiger partial charge in [-0.15, -0.1) is 0 Å². The Morgan fingerprint density at radius 2 is 0.727 bits per heavy atom. The molecule has 0 spiro atoms. The third kappa shape index (κ3) is 9.54. The molecule has 13 aromatic rings. The van der Waals surface area contributed by atoms with Gasteiger partial charge < -0.3 is 9.13 Å². The highest BCUT2D eigenvalue weighted by atomic mass is 19.4. The minimum absolute atomic E-state index is 0.0804. The van der Waals surface area contributed by atoms with Gasteiger partial charge in [0.1, 0.15) is 0 Å². The van der Waals surface area contributed by atoms with E-state index in [9.17, 15) is 5.26 Å². The van der Waals surface area contributed by atoms with E-state index in [0.717, 1.165) is 71.9 Å². The molecule has 0 bridgehead atoms. The Bertz CT molecular complexity index is 4920. The van der Waals surface area contributed by atoms with Crippen molar-refractivity contribution in [1.82, 2.24) is 9.13 Å². The van der Waals surface area contributed by atoms with Crippen LogP contribution in [0.3, 0.4) is 0 Å². The zero-order valence-electron chi connectivity index (χ0n) is 51.7. The number of alkyl halides is 3. The molecule has 4 nitrogen and oxygen atoms in total. The second-order valence-corrected chi connectivity index (χ2v) is 24.6. The van der Waals surface area contributed by atoms with Crippen molar-refractivity contribution in [1.29, 1.82) is 5.26 Å². The maximum Gasteiger partial charge on any atom is 0.415 e. The summed E-state index contributed by atoms with van der Waals surface area (Å²) in [5.41, 5.74) is 28.8. The van der Waals surface area contributed by atoms with Crippen LogP contribution in [0.2, 0.25) is 0 Å². The summed E-state index contributed by atoms with van der Waals surface area (Å²) in [7, 11) is 0. The van der Waals surface area contributed by atoms with Gasteiger partial charge in [-0.1, -0.05) is 113 Å². The molecule has 0 unspecified atom stereocenters. The molecular formula is C81H65F3N4. The quantitative estimate of drug-likeness (QED) is 0.140.